The summed E-state index contributed by atoms with van der Waals surface area (Å²) < 4.78 is 43.6. The fourth-order valence-corrected chi connectivity index (χ4v) is 2.65. The van der Waals surface area contributed by atoms with Crippen molar-refractivity contribution in [1.82, 2.24) is 4.98 Å². The number of hydrogen-bond donors (Lipinski definition) is 2. The number of amides is 1. The van der Waals surface area contributed by atoms with Gasteiger partial charge in [0.25, 0.3) is 5.91 Å². The number of carbonyl (C=O) groups is 2. The second-order valence-corrected chi connectivity index (χ2v) is 5.67. The van der Waals surface area contributed by atoms with E-state index in [4.69, 9.17) is 4.74 Å². The van der Waals surface area contributed by atoms with E-state index in [1.54, 1.807) is 31.2 Å². The number of para-hydroxylation sites is 1. The summed E-state index contributed by atoms with van der Waals surface area (Å²) in [5.41, 5.74) is -0.339. The molecule has 1 heterocycles. The highest BCUT2D eigenvalue weighted by atomic mass is 19.4. The van der Waals surface area contributed by atoms with Crippen LogP contribution in [0.15, 0.2) is 48.5 Å². The molecule has 0 aliphatic carbocycles. The van der Waals surface area contributed by atoms with Gasteiger partial charge in [-0.25, -0.2) is 4.79 Å². The molecule has 0 aliphatic heterocycles. The molecular weight excluding hydrogens is 361 g/mol. The van der Waals surface area contributed by atoms with E-state index in [-0.39, 0.29) is 23.6 Å². The molecular formula is C19H15F3N2O3. The number of halogens is 3. The third kappa shape index (κ3) is 3.79. The SMILES string of the molecule is CCOC(=O)c1[nH]c2ccccc2c1NC(=O)c1cccc(C(F)(F)F)c1. The first-order valence-corrected chi connectivity index (χ1v) is 8.07. The fourth-order valence-electron chi connectivity index (χ4n) is 2.65. The third-order valence-corrected chi connectivity index (χ3v) is 3.88. The van der Waals surface area contributed by atoms with Crippen molar-refractivity contribution >= 4 is 28.5 Å². The van der Waals surface area contributed by atoms with Gasteiger partial charge < -0.3 is 15.0 Å². The van der Waals surface area contributed by atoms with Crippen LogP contribution in [0.1, 0.15) is 33.3 Å². The van der Waals surface area contributed by atoms with Crippen molar-refractivity contribution in [2.24, 2.45) is 0 Å². The van der Waals surface area contributed by atoms with Crippen molar-refractivity contribution in [2.45, 2.75) is 13.1 Å². The average Bonchev–Trinajstić information content (AvgIpc) is 3.00. The van der Waals surface area contributed by atoms with E-state index >= 15 is 0 Å². The van der Waals surface area contributed by atoms with Crippen LogP contribution in [0.5, 0.6) is 0 Å². The second-order valence-electron chi connectivity index (χ2n) is 5.67. The number of fused-ring (bicyclic) bond motifs is 1. The van der Waals surface area contributed by atoms with E-state index in [2.05, 4.69) is 10.3 Å². The highest BCUT2D eigenvalue weighted by Crippen LogP contribution is 2.31. The van der Waals surface area contributed by atoms with Gasteiger partial charge in [-0.05, 0) is 31.2 Å². The van der Waals surface area contributed by atoms with E-state index in [0.717, 1.165) is 18.2 Å². The van der Waals surface area contributed by atoms with Gasteiger partial charge in [0.15, 0.2) is 0 Å². The van der Waals surface area contributed by atoms with Crippen molar-refractivity contribution in [2.75, 3.05) is 11.9 Å². The minimum atomic E-state index is -4.56. The highest BCUT2D eigenvalue weighted by molar-refractivity contribution is 6.14. The molecule has 0 atom stereocenters. The lowest BCUT2D eigenvalue weighted by Gasteiger charge is -2.10. The molecule has 3 rings (SSSR count). The first kappa shape index (κ1) is 18.5. The Morgan fingerprint density at radius 1 is 1.11 bits per heavy atom. The molecule has 1 aromatic heterocycles. The summed E-state index contributed by atoms with van der Waals surface area (Å²) in [6, 6.07) is 10.9. The van der Waals surface area contributed by atoms with Gasteiger partial charge in [0.1, 0.15) is 5.69 Å². The highest BCUT2D eigenvalue weighted by Gasteiger charge is 2.31. The summed E-state index contributed by atoms with van der Waals surface area (Å²) in [5, 5.41) is 3.07. The van der Waals surface area contributed by atoms with E-state index in [1.807, 2.05) is 0 Å². The molecule has 0 saturated carbocycles. The molecule has 140 valence electrons. The van der Waals surface area contributed by atoms with Crippen molar-refractivity contribution in [1.29, 1.82) is 0 Å². The molecule has 5 nitrogen and oxygen atoms in total. The zero-order valence-electron chi connectivity index (χ0n) is 14.2. The van der Waals surface area contributed by atoms with Crippen LogP contribution in [0.25, 0.3) is 10.9 Å². The molecule has 2 N–H and O–H groups in total. The number of alkyl halides is 3. The van der Waals surface area contributed by atoms with Gasteiger partial charge in [0, 0.05) is 16.5 Å². The number of aromatic amines is 1. The van der Waals surface area contributed by atoms with Gasteiger partial charge in [-0.15, -0.1) is 0 Å². The van der Waals surface area contributed by atoms with Gasteiger partial charge >= 0.3 is 12.1 Å². The molecule has 0 aliphatic rings. The maximum Gasteiger partial charge on any atom is 0.416 e. The maximum absolute atomic E-state index is 12.9. The van der Waals surface area contributed by atoms with Crippen molar-refractivity contribution in [3.8, 4) is 0 Å². The average molecular weight is 376 g/mol. The molecule has 8 heteroatoms. The molecule has 0 spiro atoms. The summed E-state index contributed by atoms with van der Waals surface area (Å²) in [5.74, 6) is -1.44. The van der Waals surface area contributed by atoms with Crippen molar-refractivity contribution < 1.29 is 27.5 Å². The Hall–Kier alpha value is -3.29. The monoisotopic (exact) mass is 376 g/mol. The maximum atomic E-state index is 12.9. The quantitative estimate of drug-likeness (QED) is 0.653. The standard InChI is InChI=1S/C19H15F3N2O3/c1-2-27-18(26)16-15(13-8-3-4-9-14(13)23-16)24-17(25)11-6-5-7-12(10-11)19(20,21)22/h3-10,23H,2H2,1H3,(H,24,25). The molecule has 0 fully saturated rings. The first-order valence-electron chi connectivity index (χ1n) is 8.07. The Morgan fingerprint density at radius 3 is 2.56 bits per heavy atom. The number of benzene rings is 2. The van der Waals surface area contributed by atoms with Crippen LogP contribution in [0, 0.1) is 0 Å². The zero-order chi connectivity index (χ0) is 19.6. The Balaban J connectivity index is 2.00. The molecule has 3 aromatic rings. The van der Waals surface area contributed by atoms with Gasteiger partial charge in [0.05, 0.1) is 17.9 Å². The van der Waals surface area contributed by atoms with Gasteiger partial charge in [-0.2, -0.15) is 13.2 Å². The van der Waals surface area contributed by atoms with Crippen molar-refractivity contribution in [3.05, 3.63) is 65.4 Å². The first-order chi connectivity index (χ1) is 12.8. The molecule has 1 amide bonds. The van der Waals surface area contributed by atoms with Crippen LogP contribution < -0.4 is 5.32 Å². The number of esters is 1. The molecule has 0 radical (unpaired) electrons. The van der Waals surface area contributed by atoms with Crippen LogP contribution in [0.2, 0.25) is 0 Å². The summed E-state index contributed by atoms with van der Waals surface area (Å²) in [4.78, 5) is 27.6. The van der Waals surface area contributed by atoms with E-state index < -0.39 is 23.6 Å². The molecule has 0 saturated heterocycles. The number of carbonyl (C=O) groups excluding carboxylic acids is 2. The summed E-state index contributed by atoms with van der Waals surface area (Å²) in [6.45, 7) is 1.77. The van der Waals surface area contributed by atoms with Crippen molar-refractivity contribution in [3.63, 3.8) is 0 Å². The van der Waals surface area contributed by atoms with Gasteiger partial charge in [-0.1, -0.05) is 24.3 Å². The largest absolute Gasteiger partial charge is 0.461 e. The lowest BCUT2D eigenvalue weighted by Crippen LogP contribution is -2.16. The van der Waals surface area contributed by atoms with Crippen LogP contribution in [0.4, 0.5) is 18.9 Å². The molecule has 27 heavy (non-hydrogen) atoms. The Labute approximate surface area is 152 Å². The number of aromatic nitrogens is 1. The molecule has 0 bridgehead atoms. The summed E-state index contributed by atoms with van der Waals surface area (Å²) >= 11 is 0. The number of hydrogen-bond acceptors (Lipinski definition) is 3. The topological polar surface area (TPSA) is 71.2 Å². The number of ether oxygens (including phenoxy) is 1. The van der Waals surface area contributed by atoms with Crippen LogP contribution in [0.3, 0.4) is 0 Å². The van der Waals surface area contributed by atoms with Gasteiger partial charge in [0.2, 0.25) is 0 Å². The normalized spacial score (nSPS) is 11.4. The lowest BCUT2D eigenvalue weighted by molar-refractivity contribution is -0.137. The number of H-pyrrole nitrogens is 1. The van der Waals surface area contributed by atoms with E-state index in [1.165, 1.54) is 6.07 Å². The van der Waals surface area contributed by atoms with E-state index in [9.17, 15) is 22.8 Å². The predicted octanol–water partition coefficient (Wildman–Crippen LogP) is 4.62. The Morgan fingerprint density at radius 2 is 1.85 bits per heavy atom. The zero-order valence-corrected chi connectivity index (χ0v) is 14.2. The minimum Gasteiger partial charge on any atom is -0.461 e. The summed E-state index contributed by atoms with van der Waals surface area (Å²) in [7, 11) is 0. The second kappa shape index (κ2) is 7.14. The Bertz CT molecular complexity index is 1010. The molecule has 2 aromatic carbocycles. The number of nitrogens with one attached hydrogen (secondary N) is 2. The third-order valence-electron chi connectivity index (χ3n) is 3.88. The van der Waals surface area contributed by atoms with Crippen LogP contribution in [-0.2, 0) is 10.9 Å². The predicted molar refractivity (Wildman–Crippen MR) is 93.7 cm³/mol. The minimum absolute atomic E-state index is 0.0263. The molecule has 0 unspecified atom stereocenters. The van der Waals surface area contributed by atoms with Crippen LogP contribution >= 0.6 is 0 Å². The smallest absolute Gasteiger partial charge is 0.416 e. The number of anilines is 1. The van der Waals surface area contributed by atoms with E-state index in [0.29, 0.717) is 10.9 Å². The lowest BCUT2D eigenvalue weighted by atomic mass is 10.1. The summed E-state index contributed by atoms with van der Waals surface area (Å²) in [6.07, 6.45) is -4.56. The fraction of sp³-hybridized carbons (Fsp3) is 0.158. The number of rotatable bonds is 4. The van der Waals surface area contributed by atoms with Crippen LogP contribution in [-0.4, -0.2) is 23.5 Å². The van der Waals surface area contributed by atoms with Gasteiger partial charge in [-0.3, -0.25) is 4.79 Å². The Kier molecular flexibility index (Phi) is 4.89.